The van der Waals surface area contributed by atoms with Gasteiger partial charge in [0.05, 0.1) is 11.6 Å². The predicted molar refractivity (Wildman–Crippen MR) is 81.2 cm³/mol. The second-order valence-electron chi connectivity index (χ2n) is 6.81. The zero-order valence-electron chi connectivity index (χ0n) is 12.4. The summed E-state index contributed by atoms with van der Waals surface area (Å²) in [5.41, 5.74) is 2.58. The number of hydrogen-bond acceptors (Lipinski definition) is 3. The summed E-state index contributed by atoms with van der Waals surface area (Å²) >= 11 is 0. The fourth-order valence-electron chi connectivity index (χ4n) is 4.18. The molecule has 0 bridgehead atoms. The molecular weight excluding hydrogens is 262 g/mol. The van der Waals surface area contributed by atoms with Crippen molar-refractivity contribution in [1.29, 1.82) is 0 Å². The highest BCUT2D eigenvalue weighted by atomic mass is 16.5. The molecular formula is C18H23NO2. The molecule has 21 heavy (non-hydrogen) atoms. The van der Waals surface area contributed by atoms with E-state index in [9.17, 15) is 4.79 Å². The molecule has 3 aliphatic rings. The predicted octanol–water partition coefficient (Wildman–Crippen LogP) is 2.79. The summed E-state index contributed by atoms with van der Waals surface area (Å²) in [6, 6.07) is 8.29. The number of ketones is 1. The van der Waals surface area contributed by atoms with Gasteiger partial charge < -0.3 is 10.1 Å². The van der Waals surface area contributed by atoms with Crippen molar-refractivity contribution in [1.82, 2.24) is 5.32 Å². The van der Waals surface area contributed by atoms with E-state index in [4.69, 9.17) is 4.74 Å². The Morgan fingerprint density at radius 1 is 1.29 bits per heavy atom. The van der Waals surface area contributed by atoms with Crippen LogP contribution in [0.3, 0.4) is 0 Å². The molecule has 4 rings (SSSR count). The van der Waals surface area contributed by atoms with Gasteiger partial charge in [-0.3, -0.25) is 4.79 Å². The van der Waals surface area contributed by atoms with Gasteiger partial charge in [-0.25, -0.2) is 0 Å². The average Bonchev–Trinajstić information content (AvgIpc) is 2.52. The molecule has 0 radical (unpaired) electrons. The lowest BCUT2D eigenvalue weighted by Crippen LogP contribution is -2.49. The molecule has 2 heterocycles. The monoisotopic (exact) mass is 285 g/mol. The summed E-state index contributed by atoms with van der Waals surface area (Å²) < 4.78 is 5.97. The fourth-order valence-corrected chi connectivity index (χ4v) is 4.18. The number of fused-ring (bicyclic) bond motifs is 1. The Bertz CT molecular complexity index is 550. The van der Waals surface area contributed by atoms with E-state index in [-0.39, 0.29) is 17.6 Å². The molecule has 0 aromatic heterocycles. The Hall–Kier alpha value is -1.19. The van der Waals surface area contributed by atoms with Crippen LogP contribution in [0.1, 0.15) is 49.3 Å². The summed E-state index contributed by atoms with van der Waals surface area (Å²) in [6.45, 7) is 1.66. The number of benzene rings is 1. The van der Waals surface area contributed by atoms with Gasteiger partial charge in [-0.15, -0.1) is 0 Å². The third-order valence-corrected chi connectivity index (χ3v) is 5.55. The molecule has 112 valence electrons. The first-order chi connectivity index (χ1) is 10.3. The Labute approximate surface area is 126 Å². The molecule has 1 aliphatic carbocycles. The zero-order valence-corrected chi connectivity index (χ0v) is 12.4. The van der Waals surface area contributed by atoms with E-state index in [1.54, 1.807) is 0 Å². The van der Waals surface area contributed by atoms with E-state index in [0.717, 1.165) is 45.3 Å². The van der Waals surface area contributed by atoms with Crippen molar-refractivity contribution in [2.75, 3.05) is 13.2 Å². The molecule has 0 amide bonds. The molecule has 2 aliphatic heterocycles. The zero-order chi connectivity index (χ0) is 14.3. The minimum atomic E-state index is -0.102. The molecule has 2 fully saturated rings. The molecule has 1 spiro atoms. The number of hydrogen-bond donors (Lipinski definition) is 1. The van der Waals surface area contributed by atoms with Crippen molar-refractivity contribution in [2.45, 2.75) is 50.2 Å². The Morgan fingerprint density at radius 2 is 2.14 bits per heavy atom. The SMILES string of the molecule is O=C(C1CCOC2(CCC2)C1)C1NCCc2ccccc21. The third-order valence-electron chi connectivity index (χ3n) is 5.55. The van der Waals surface area contributed by atoms with Gasteiger partial charge in [0.25, 0.3) is 0 Å². The number of carbonyl (C=O) groups is 1. The van der Waals surface area contributed by atoms with Gasteiger partial charge in [0.15, 0.2) is 5.78 Å². The molecule has 1 saturated carbocycles. The number of rotatable bonds is 2. The Morgan fingerprint density at radius 3 is 2.95 bits per heavy atom. The van der Waals surface area contributed by atoms with E-state index >= 15 is 0 Å². The highest BCUT2D eigenvalue weighted by Crippen LogP contribution is 2.45. The number of nitrogens with one attached hydrogen (secondary N) is 1. The van der Waals surface area contributed by atoms with Crippen LogP contribution in [-0.4, -0.2) is 24.5 Å². The van der Waals surface area contributed by atoms with E-state index in [1.165, 1.54) is 17.5 Å². The number of Topliss-reactive ketones (excluding diaryl/α,β-unsaturated/α-hetero) is 1. The van der Waals surface area contributed by atoms with Crippen LogP contribution in [-0.2, 0) is 16.0 Å². The van der Waals surface area contributed by atoms with Crippen LogP contribution in [0.25, 0.3) is 0 Å². The number of carbonyl (C=O) groups excluding carboxylic acids is 1. The minimum Gasteiger partial charge on any atom is -0.375 e. The summed E-state index contributed by atoms with van der Waals surface area (Å²) in [5, 5.41) is 3.45. The van der Waals surface area contributed by atoms with E-state index in [0.29, 0.717) is 5.78 Å². The fraction of sp³-hybridized carbons (Fsp3) is 0.611. The lowest BCUT2D eigenvalue weighted by Gasteiger charge is -2.47. The van der Waals surface area contributed by atoms with Crippen molar-refractivity contribution in [3.05, 3.63) is 35.4 Å². The van der Waals surface area contributed by atoms with Crippen LogP contribution in [0.15, 0.2) is 24.3 Å². The molecule has 2 unspecified atom stereocenters. The molecule has 2 atom stereocenters. The summed E-state index contributed by atoms with van der Waals surface area (Å²) in [6.07, 6.45) is 6.40. The van der Waals surface area contributed by atoms with Gasteiger partial charge in [-0.1, -0.05) is 24.3 Å². The first-order valence-corrected chi connectivity index (χ1v) is 8.26. The average molecular weight is 285 g/mol. The van der Waals surface area contributed by atoms with E-state index in [2.05, 4.69) is 23.5 Å². The Kier molecular flexibility index (Phi) is 3.35. The Balaban J connectivity index is 1.55. The maximum atomic E-state index is 13.0. The highest BCUT2D eigenvalue weighted by Gasteiger charge is 2.45. The molecule has 3 nitrogen and oxygen atoms in total. The van der Waals surface area contributed by atoms with Crippen molar-refractivity contribution < 1.29 is 9.53 Å². The maximum Gasteiger partial charge on any atom is 0.157 e. The molecule has 1 saturated heterocycles. The van der Waals surface area contributed by atoms with Crippen LogP contribution < -0.4 is 5.32 Å². The molecule has 1 aromatic carbocycles. The topological polar surface area (TPSA) is 38.3 Å². The largest absolute Gasteiger partial charge is 0.375 e. The molecule has 1 aromatic rings. The van der Waals surface area contributed by atoms with Crippen molar-refractivity contribution in [2.24, 2.45) is 5.92 Å². The lowest BCUT2D eigenvalue weighted by molar-refractivity contribution is -0.156. The van der Waals surface area contributed by atoms with Crippen LogP contribution in [0.4, 0.5) is 0 Å². The van der Waals surface area contributed by atoms with Gasteiger partial charge in [0, 0.05) is 19.1 Å². The first-order valence-electron chi connectivity index (χ1n) is 8.26. The first kappa shape index (κ1) is 13.5. The smallest absolute Gasteiger partial charge is 0.157 e. The van der Waals surface area contributed by atoms with E-state index < -0.39 is 0 Å². The van der Waals surface area contributed by atoms with Crippen LogP contribution in [0, 0.1) is 5.92 Å². The highest BCUT2D eigenvalue weighted by molar-refractivity contribution is 5.88. The summed E-state index contributed by atoms with van der Waals surface area (Å²) in [4.78, 5) is 13.0. The van der Waals surface area contributed by atoms with Gasteiger partial charge >= 0.3 is 0 Å². The van der Waals surface area contributed by atoms with Crippen LogP contribution in [0.5, 0.6) is 0 Å². The standard InChI is InChI=1S/C18H23NO2/c20-17(14-7-11-21-18(12-14)8-3-9-18)16-15-5-2-1-4-13(15)6-10-19-16/h1-2,4-5,14,16,19H,3,6-12H2. The second-order valence-corrected chi connectivity index (χ2v) is 6.81. The minimum absolute atomic E-state index is 0.0484. The van der Waals surface area contributed by atoms with Crippen molar-refractivity contribution in [3.63, 3.8) is 0 Å². The summed E-state index contributed by atoms with van der Waals surface area (Å²) in [7, 11) is 0. The quantitative estimate of drug-likeness (QED) is 0.908. The normalized spacial score (nSPS) is 30.5. The van der Waals surface area contributed by atoms with Gasteiger partial charge in [0.2, 0.25) is 0 Å². The number of ether oxygens (including phenoxy) is 1. The van der Waals surface area contributed by atoms with Crippen molar-refractivity contribution >= 4 is 5.78 Å². The van der Waals surface area contributed by atoms with E-state index in [1.807, 2.05) is 6.07 Å². The molecule has 3 heteroatoms. The maximum absolute atomic E-state index is 13.0. The second kappa shape index (κ2) is 5.22. The summed E-state index contributed by atoms with van der Waals surface area (Å²) in [5.74, 6) is 0.555. The third kappa shape index (κ3) is 2.33. The van der Waals surface area contributed by atoms with Gasteiger partial charge in [-0.2, -0.15) is 0 Å². The van der Waals surface area contributed by atoms with Gasteiger partial charge in [-0.05, 0) is 49.7 Å². The lowest BCUT2D eigenvalue weighted by atomic mass is 9.70. The van der Waals surface area contributed by atoms with Crippen LogP contribution >= 0.6 is 0 Å². The molecule has 1 N–H and O–H groups in total. The van der Waals surface area contributed by atoms with Crippen LogP contribution in [0.2, 0.25) is 0 Å². The van der Waals surface area contributed by atoms with Crippen molar-refractivity contribution in [3.8, 4) is 0 Å². The van der Waals surface area contributed by atoms with Gasteiger partial charge in [0.1, 0.15) is 0 Å².